The zero-order chi connectivity index (χ0) is 32.5. The lowest BCUT2D eigenvalue weighted by atomic mass is 9.94. The minimum absolute atomic E-state index is 0.000332. The number of methoxy groups -OCH3 is 9. The predicted molar refractivity (Wildman–Crippen MR) is 173 cm³/mol. The van der Waals surface area contributed by atoms with Gasteiger partial charge in [0, 0.05) is 70.4 Å². The van der Waals surface area contributed by atoms with Crippen molar-refractivity contribution in [1.29, 1.82) is 0 Å². The molecule has 0 saturated carbocycles. The van der Waals surface area contributed by atoms with Gasteiger partial charge < -0.3 is 42.6 Å². The van der Waals surface area contributed by atoms with Gasteiger partial charge in [0.2, 0.25) is 0 Å². The average molecular weight is 621 g/mol. The summed E-state index contributed by atoms with van der Waals surface area (Å²) in [6, 6.07) is 0. The van der Waals surface area contributed by atoms with Crippen LogP contribution in [-0.4, -0.2) is 119 Å². The van der Waals surface area contributed by atoms with Crippen molar-refractivity contribution in [2.45, 2.75) is 145 Å². The van der Waals surface area contributed by atoms with Crippen LogP contribution in [0.15, 0.2) is 12.7 Å². The van der Waals surface area contributed by atoms with Gasteiger partial charge in [0.15, 0.2) is 0 Å². The van der Waals surface area contributed by atoms with Crippen LogP contribution in [0.25, 0.3) is 0 Å². The Kier molecular flexibility index (Phi) is 27.3. The van der Waals surface area contributed by atoms with Crippen molar-refractivity contribution in [1.82, 2.24) is 0 Å². The van der Waals surface area contributed by atoms with Gasteiger partial charge in [-0.25, -0.2) is 0 Å². The van der Waals surface area contributed by atoms with Crippen molar-refractivity contribution >= 4 is 0 Å². The van der Waals surface area contributed by atoms with Gasteiger partial charge in [-0.05, 0) is 57.8 Å². The fraction of sp³-hybridized carbons (Fsp3) is 0.941. The summed E-state index contributed by atoms with van der Waals surface area (Å²) in [5, 5.41) is 0. The molecule has 0 spiro atoms. The second-order valence-electron chi connectivity index (χ2n) is 11.6. The van der Waals surface area contributed by atoms with Gasteiger partial charge in [-0.15, -0.1) is 6.58 Å². The first-order chi connectivity index (χ1) is 20.8. The SMILES string of the molecule is C=CC[C@@H](C[C@@H](C[C@@H](CC(CC(CC(C[C@@H](C[C@@H](C[C@@H](CCCCC)OC)OC)OC)OC)OC)OC)OC)OC)OC. The molecule has 9 heteroatoms. The minimum Gasteiger partial charge on any atom is -0.381 e. The van der Waals surface area contributed by atoms with Crippen LogP contribution < -0.4 is 0 Å². The van der Waals surface area contributed by atoms with Crippen LogP contribution in [0.5, 0.6) is 0 Å². The van der Waals surface area contributed by atoms with Gasteiger partial charge in [-0.2, -0.15) is 0 Å². The fourth-order valence-corrected chi connectivity index (χ4v) is 5.79. The normalized spacial score (nSPS) is 18.4. The summed E-state index contributed by atoms with van der Waals surface area (Å²) >= 11 is 0. The van der Waals surface area contributed by atoms with E-state index in [9.17, 15) is 0 Å². The molecule has 0 aliphatic rings. The summed E-state index contributed by atoms with van der Waals surface area (Å²) in [4.78, 5) is 0. The average Bonchev–Trinajstić information content (AvgIpc) is 3.03. The topological polar surface area (TPSA) is 83.1 Å². The van der Waals surface area contributed by atoms with E-state index in [0.717, 1.165) is 64.2 Å². The lowest BCUT2D eigenvalue weighted by Crippen LogP contribution is -2.34. The standard InChI is InChI=1S/C34H68O9/c1-12-14-15-17-27(36-4)19-29(38-6)21-31(40-8)23-33(42-10)25-34(43-11)24-32(41-9)22-30(39-7)20-28(37-5)18-26(35-3)16-13-2/h13,26-34H,2,12,14-25H2,1,3-11H3/t26-,27+,28-,29+,30-,31+,32?,33?,34?/m0/s1. The Bertz CT molecular complexity index is 623. The first-order valence-electron chi connectivity index (χ1n) is 16.2. The number of rotatable bonds is 31. The smallest absolute Gasteiger partial charge is 0.0630 e. The summed E-state index contributed by atoms with van der Waals surface area (Å²) in [5.41, 5.74) is 0. The maximum absolute atomic E-state index is 5.92. The molecule has 0 N–H and O–H groups in total. The molecule has 258 valence electrons. The molecule has 0 aromatic rings. The zero-order valence-corrected chi connectivity index (χ0v) is 29.3. The van der Waals surface area contributed by atoms with Gasteiger partial charge in [-0.3, -0.25) is 0 Å². The third-order valence-corrected chi connectivity index (χ3v) is 8.77. The van der Waals surface area contributed by atoms with Crippen molar-refractivity contribution in [3.63, 3.8) is 0 Å². The number of unbranched alkanes of at least 4 members (excludes halogenated alkanes) is 2. The van der Waals surface area contributed by atoms with E-state index in [1.165, 1.54) is 19.3 Å². The molecule has 3 unspecified atom stereocenters. The molecule has 43 heavy (non-hydrogen) atoms. The molecule has 0 rings (SSSR count). The van der Waals surface area contributed by atoms with E-state index in [-0.39, 0.29) is 54.9 Å². The highest BCUT2D eigenvalue weighted by Crippen LogP contribution is 2.25. The second kappa shape index (κ2) is 27.7. The zero-order valence-electron chi connectivity index (χ0n) is 29.3. The largest absolute Gasteiger partial charge is 0.381 e. The monoisotopic (exact) mass is 620 g/mol. The van der Waals surface area contributed by atoms with Crippen LogP contribution in [0.3, 0.4) is 0 Å². The van der Waals surface area contributed by atoms with Crippen molar-refractivity contribution < 1.29 is 42.6 Å². The maximum Gasteiger partial charge on any atom is 0.0630 e. The number of ether oxygens (including phenoxy) is 9. The number of hydrogen-bond donors (Lipinski definition) is 0. The van der Waals surface area contributed by atoms with E-state index in [1.807, 2.05) is 6.08 Å². The quantitative estimate of drug-likeness (QED) is 0.0646. The molecular weight excluding hydrogens is 552 g/mol. The van der Waals surface area contributed by atoms with Crippen molar-refractivity contribution in [3.8, 4) is 0 Å². The molecule has 0 saturated heterocycles. The predicted octanol–water partition coefficient (Wildman–Crippen LogP) is 6.40. The molecule has 0 radical (unpaired) electrons. The van der Waals surface area contributed by atoms with E-state index >= 15 is 0 Å². The highest BCUT2D eigenvalue weighted by molar-refractivity contribution is 4.81. The summed E-state index contributed by atoms with van der Waals surface area (Å²) in [5.74, 6) is 0. The highest BCUT2D eigenvalue weighted by atomic mass is 16.5. The fourth-order valence-electron chi connectivity index (χ4n) is 5.79. The van der Waals surface area contributed by atoms with Crippen LogP contribution in [0, 0.1) is 0 Å². The third kappa shape index (κ3) is 19.5. The Morgan fingerprint density at radius 3 is 0.884 bits per heavy atom. The van der Waals surface area contributed by atoms with E-state index in [2.05, 4.69) is 13.5 Å². The maximum atomic E-state index is 5.92. The van der Waals surface area contributed by atoms with Crippen molar-refractivity contribution in [3.05, 3.63) is 12.7 Å². The van der Waals surface area contributed by atoms with Crippen LogP contribution in [-0.2, 0) is 42.6 Å². The molecular formula is C34H68O9. The van der Waals surface area contributed by atoms with Crippen LogP contribution in [0.2, 0.25) is 0 Å². The number of hydrogen-bond acceptors (Lipinski definition) is 9. The Morgan fingerprint density at radius 1 is 0.395 bits per heavy atom. The lowest BCUT2D eigenvalue weighted by molar-refractivity contribution is -0.0585. The molecule has 0 aliphatic carbocycles. The molecule has 0 fully saturated rings. The molecule has 0 aromatic carbocycles. The van der Waals surface area contributed by atoms with Crippen LogP contribution >= 0.6 is 0 Å². The van der Waals surface area contributed by atoms with E-state index in [0.29, 0.717) is 0 Å². The molecule has 0 aromatic heterocycles. The van der Waals surface area contributed by atoms with E-state index in [1.54, 1.807) is 64.0 Å². The summed E-state index contributed by atoms with van der Waals surface area (Å²) in [6.45, 7) is 6.05. The lowest BCUT2D eigenvalue weighted by Gasteiger charge is -2.30. The molecule has 0 amide bonds. The van der Waals surface area contributed by atoms with Gasteiger partial charge in [0.05, 0.1) is 54.9 Å². The summed E-state index contributed by atoms with van der Waals surface area (Å²) < 4.78 is 52.5. The van der Waals surface area contributed by atoms with Gasteiger partial charge in [-0.1, -0.05) is 32.3 Å². The molecule has 9 nitrogen and oxygen atoms in total. The van der Waals surface area contributed by atoms with Crippen LogP contribution in [0.4, 0.5) is 0 Å². The molecule has 9 atom stereocenters. The Morgan fingerprint density at radius 2 is 0.651 bits per heavy atom. The van der Waals surface area contributed by atoms with E-state index < -0.39 is 0 Å². The second-order valence-corrected chi connectivity index (χ2v) is 11.6. The summed E-state index contributed by atoms with van der Waals surface area (Å²) in [7, 11) is 15.8. The molecule has 0 bridgehead atoms. The van der Waals surface area contributed by atoms with Gasteiger partial charge in [0.1, 0.15) is 0 Å². The first-order valence-corrected chi connectivity index (χ1v) is 16.2. The third-order valence-electron chi connectivity index (χ3n) is 8.77. The first kappa shape index (κ1) is 42.4. The van der Waals surface area contributed by atoms with Crippen molar-refractivity contribution in [2.75, 3.05) is 64.0 Å². The summed E-state index contributed by atoms with van der Waals surface area (Å²) in [6.07, 6.45) is 13.7. The van der Waals surface area contributed by atoms with E-state index in [4.69, 9.17) is 42.6 Å². The van der Waals surface area contributed by atoms with Crippen LogP contribution in [0.1, 0.15) is 90.4 Å². The molecule has 0 heterocycles. The van der Waals surface area contributed by atoms with Crippen molar-refractivity contribution in [2.24, 2.45) is 0 Å². The Balaban J connectivity index is 5.13. The Labute approximate surface area is 264 Å². The van der Waals surface area contributed by atoms with Gasteiger partial charge >= 0.3 is 0 Å². The Hall–Kier alpha value is -0.620. The molecule has 0 aliphatic heterocycles. The van der Waals surface area contributed by atoms with Gasteiger partial charge in [0.25, 0.3) is 0 Å². The highest BCUT2D eigenvalue weighted by Gasteiger charge is 2.28. The minimum atomic E-state index is -0.0387.